The smallest absolute Gasteiger partial charge is 0.270 e. The Labute approximate surface area is 201 Å². The van der Waals surface area contributed by atoms with Gasteiger partial charge < -0.3 is 10.1 Å². The lowest BCUT2D eigenvalue weighted by Gasteiger charge is -2.16. The van der Waals surface area contributed by atoms with Crippen LogP contribution in [0.2, 0.25) is 5.02 Å². The van der Waals surface area contributed by atoms with Gasteiger partial charge in [-0.05, 0) is 25.5 Å². The number of unbranched alkanes of at least 4 members (excludes halogenated alkanes) is 1. The van der Waals surface area contributed by atoms with E-state index in [0.29, 0.717) is 22.9 Å². The summed E-state index contributed by atoms with van der Waals surface area (Å²) in [6.45, 7) is 3.41. The molecule has 3 aromatic rings. The molecule has 10 heteroatoms. The number of fused-ring (bicyclic) bond motifs is 1. The van der Waals surface area contributed by atoms with Gasteiger partial charge in [-0.1, -0.05) is 37.4 Å². The van der Waals surface area contributed by atoms with Gasteiger partial charge in [-0.2, -0.15) is 0 Å². The van der Waals surface area contributed by atoms with Crippen molar-refractivity contribution in [1.82, 2.24) is 14.7 Å². The summed E-state index contributed by atoms with van der Waals surface area (Å²) in [7, 11) is 0. The second-order valence-corrected chi connectivity index (χ2v) is 7.96. The number of amides is 1. The second-order valence-electron chi connectivity index (χ2n) is 7.22. The fraction of sp³-hybridized carbons (Fsp3) is 0.364. The van der Waals surface area contributed by atoms with Gasteiger partial charge in [-0.3, -0.25) is 9.20 Å². The first-order valence-corrected chi connectivity index (χ1v) is 10.9. The van der Waals surface area contributed by atoms with Crippen molar-refractivity contribution >= 4 is 47.2 Å². The Bertz CT molecular complexity index is 1070. The monoisotopic (exact) mass is 505 g/mol. The molecule has 5 nitrogen and oxygen atoms in total. The van der Waals surface area contributed by atoms with Gasteiger partial charge in [-0.15, -0.1) is 24.0 Å². The molecule has 0 spiro atoms. The van der Waals surface area contributed by atoms with Crippen molar-refractivity contribution < 1.29 is 18.3 Å². The molecular formula is C22H24Cl3F2N3O2. The van der Waals surface area contributed by atoms with Crippen molar-refractivity contribution in [2.24, 2.45) is 0 Å². The van der Waals surface area contributed by atoms with Crippen LogP contribution in [0, 0.1) is 18.6 Å². The summed E-state index contributed by atoms with van der Waals surface area (Å²) in [5, 5.41) is 3.21. The highest BCUT2D eigenvalue weighted by Gasteiger charge is 2.22. The zero-order chi connectivity index (χ0) is 22.5. The molecule has 2 heterocycles. The Morgan fingerprint density at radius 1 is 1.31 bits per heavy atom. The molecule has 2 aromatic heterocycles. The molecule has 0 radical (unpaired) electrons. The molecule has 1 atom stereocenters. The molecular weight excluding hydrogens is 483 g/mol. The van der Waals surface area contributed by atoms with Gasteiger partial charge in [0.25, 0.3) is 5.91 Å². The molecule has 0 saturated heterocycles. The maximum atomic E-state index is 13.9. The van der Waals surface area contributed by atoms with E-state index in [1.165, 1.54) is 16.5 Å². The van der Waals surface area contributed by atoms with Crippen LogP contribution in [-0.2, 0) is 6.61 Å². The first kappa shape index (κ1) is 26.2. The van der Waals surface area contributed by atoms with Crippen LogP contribution in [0.5, 0.6) is 5.75 Å². The molecule has 0 saturated carbocycles. The van der Waals surface area contributed by atoms with Gasteiger partial charge in [-0.25, -0.2) is 13.8 Å². The normalized spacial score (nSPS) is 11.8. The van der Waals surface area contributed by atoms with Crippen molar-refractivity contribution in [1.29, 1.82) is 0 Å². The van der Waals surface area contributed by atoms with Crippen LogP contribution < -0.4 is 10.1 Å². The number of nitrogens with one attached hydrogen (secondary N) is 1. The minimum absolute atomic E-state index is 0. The minimum atomic E-state index is -0.711. The Kier molecular flexibility index (Phi) is 9.55. The van der Waals surface area contributed by atoms with Crippen molar-refractivity contribution in [3.63, 3.8) is 0 Å². The molecule has 32 heavy (non-hydrogen) atoms. The SMILES string of the molecule is CCCC[C@H](CCl)NC(=O)c1c(C)nc2c(OCc3c(F)cccc3F)cc(Cl)cn12.Cl. The van der Waals surface area contributed by atoms with E-state index in [9.17, 15) is 13.6 Å². The van der Waals surface area contributed by atoms with Crippen molar-refractivity contribution in [3.05, 3.63) is 64.1 Å². The topological polar surface area (TPSA) is 55.6 Å². The van der Waals surface area contributed by atoms with E-state index in [1.807, 2.05) is 0 Å². The summed E-state index contributed by atoms with van der Waals surface area (Å²) in [5.41, 5.74) is 0.874. The van der Waals surface area contributed by atoms with Crippen molar-refractivity contribution in [3.8, 4) is 5.75 Å². The summed E-state index contributed by atoms with van der Waals surface area (Å²) >= 11 is 12.2. The number of alkyl halides is 1. The molecule has 3 rings (SSSR count). The average molecular weight is 507 g/mol. The van der Waals surface area contributed by atoms with Gasteiger partial charge in [0.2, 0.25) is 0 Å². The number of hydrogen-bond acceptors (Lipinski definition) is 3. The van der Waals surface area contributed by atoms with E-state index >= 15 is 0 Å². The van der Waals surface area contributed by atoms with E-state index in [1.54, 1.807) is 13.1 Å². The van der Waals surface area contributed by atoms with Gasteiger partial charge in [0.1, 0.15) is 23.9 Å². The quantitative estimate of drug-likeness (QED) is 0.357. The Balaban J connectivity index is 0.00000363. The fourth-order valence-electron chi connectivity index (χ4n) is 3.29. The number of pyridine rings is 1. The van der Waals surface area contributed by atoms with E-state index in [2.05, 4.69) is 17.2 Å². The molecule has 174 valence electrons. The van der Waals surface area contributed by atoms with Gasteiger partial charge in [0.15, 0.2) is 11.4 Å². The van der Waals surface area contributed by atoms with Crippen molar-refractivity contribution in [2.45, 2.75) is 45.8 Å². The number of aromatic nitrogens is 2. The van der Waals surface area contributed by atoms with Gasteiger partial charge >= 0.3 is 0 Å². The first-order valence-electron chi connectivity index (χ1n) is 9.96. The van der Waals surface area contributed by atoms with E-state index in [4.69, 9.17) is 27.9 Å². The summed E-state index contributed by atoms with van der Waals surface area (Å²) in [5.74, 6) is -1.25. The lowest BCUT2D eigenvalue weighted by molar-refractivity contribution is 0.0932. The third-order valence-corrected chi connectivity index (χ3v) is 5.48. The lowest BCUT2D eigenvalue weighted by atomic mass is 10.1. The van der Waals surface area contributed by atoms with Crippen LogP contribution >= 0.6 is 35.6 Å². The Morgan fingerprint density at radius 3 is 2.62 bits per heavy atom. The Hall–Kier alpha value is -2.09. The third kappa shape index (κ3) is 5.82. The molecule has 1 amide bonds. The van der Waals surface area contributed by atoms with Crippen LogP contribution in [0.4, 0.5) is 8.78 Å². The highest BCUT2D eigenvalue weighted by Crippen LogP contribution is 2.28. The maximum absolute atomic E-state index is 13.9. The number of rotatable bonds is 9. The number of ether oxygens (including phenoxy) is 1. The zero-order valence-electron chi connectivity index (χ0n) is 17.6. The molecule has 0 aliphatic heterocycles. The number of imidazole rings is 1. The first-order chi connectivity index (χ1) is 14.8. The molecule has 0 aliphatic rings. The van der Waals surface area contributed by atoms with Crippen LogP contribution in [0.15, 0.2) is 30.5 Å². The highest BCUT2D eigenvalue weighted by atomic mass is 35.5. The number of aryl methyl sites for hydroxylation is 1. The summed E-state index contributed by atoms with van der Waals surface area (Å²) in [6, 6.07) is 4.92. The van der Waals surface area contributed by atoms with E-state index in [-0.39, 0.29) is 47.3 Å². The fourth-order valence-corrected chi connectivity index (χ4v) is 3.72. The Morgan fingerprint density at radius 2 is 2.00 bits per heavy atom. The number of hydrogen-bond donors (Lipinski definition) is 1. The zero-order valence-corrected chi connectivity index (χ0v) is 20.0. The minimum Gasteiger partial charge on any atom is -0.485 e. The van der Waals surface area contributed by atoms with Gasteiger partial charge in [0, 0.05) is 24.2 Å². The maximum Gasteiger partial charge on any atom is 0.270 e. The van der Waals surface area contributed by atoms with Crippen LogP contribution in [0.25, 0.3) is 5.65 Å². The molecule has 0 unspecified atom stereocenters. The molecule has 0 bridgehead atoms. The lowest BCUT2D eigenvalue weighted by Crippen LogP contribution is -2.37. The van der Waals surface area contributed by atoms with Crippen LogP contribution in [0.1, 0.15) is 47.9 Å². The molecule has 1 aromatic carbocycles. The summed E-state index contributed by atoms with van der Waals surface area (Å²) in [6.07, 6.45) is 4.26. The van der Waals surface area contributed by atoms with Crippen LogP contribution in [0.3, 0.4) is 0 Å². The molecule has 0 aliphatic carbocycles. The molecule has 1 N–H and O–H groups in total. The molecule has 0 fully saturated rings. The summed E-state index contributed by atoms with van der Waals surface area (Å²) in [4.78, 5) is 17.4. The number of benzene rings is 1. The predicted molar refractivity (Wildman–Crippen MR) is 124 cm³/mol. The number of carbonyl (C=O) groups is 1. The average Bonchev–Trinajstić information content (AvgIpc) is 3.06. The van der Waals surface area contributed by atoms with Crippen molar-refractivity contribution in [2.75, 3.05) is 5.88 Å². The van der Waals surface area contributed by atoms with Gasteiger partial charge in [0.05, 0.1) is 16.3 Å². The summed E-state index contributed by atoms with van der Waals surface area (Å²) < 4.78 is 35.0. The van der Waals surface area contributed by atoms with E-state index in [0.717, 1.165) is 31.4 Å². The highest BCUT2D eigenvalue weighted by molar-refractivity contribution is 6.30. The largest absolute Gasteiger partial charge is 0.485 e. The number of carbonyl (C=O) groups excluding carboxylic acids is 1. The van der Waals surface area contributed by atoms with Crippen LogP contribution in [-0.4, -0.2) is 27.2 Å². The second kappa shape index (κ2) is 11.7. The third-order valence-electron chi connectivity index (χ3n) is 4.90. The number of halogens is 5. The number of nitrogens with zero attached hydrogens (tertiary/aromatic N) is 2. The predicted octanol–water partition coefficient (Wildman–Crippen LogP) is 6.10. The van der Waals surface area contributed by atoms with E-state index < -0.39 is 11.6 Å². The standard InChI is InChI=1S/C22H23Cl2F2N3O2.ClH/c1-3-4-6-15(10-23)28-22(30)20-13(2)27-21-19(9-14(24)11-29(20)21)31-12-16-17(25)7-5-8-18(16)26;/h5,7-9,11,15H,3-4,6,10,12H2,1-2H3,(H,28,30);1H/t15-;/m1./s1.